The van der Waals surface area contributed by atoms with Gasteiger partial charge in [-0.25, -0.2) is 4.79 Å². The number of nitrogens with one attached hydrogen (secondary N) is 1. The number of nitrogens with zero attached hydrogens (tertiary/aromatic N) is 1. The fourth-order valence-electron chi connectivity index (χ4n) is 2.99. The molecule has 3 rings (SSSR count). The molecule has 120 valence electrons. The van der Waals surface area contributed by atoms with Crippen LogP contribution in [-0.2, 0) is 9.59 Å². The quantitative estimate of drug-likeness (QED) is 0.687. The zero-order chi connectivity index (χ0) is 16.2. The first-order valence-corrected chi connectivity index (χ1v) is 7.77. The molecule has 0 atom stereocenters. The zero-order valence-corrected chi connectivity index (χ0v) is 12.7. The van der Waals surface area contributed by atoms with E-state index in [1.807, 2.05) is 0 Å². The molecule has 4 amide bonds. The molecule has 23 heavy (non-hydrogen) atoms. The zero-order valence-electron chi connectivity index (χ0n) is 12.7. The highest BCUT2D eigenvalue weighted by Crippen LogP contribution is 2.25. The second kappa shape index (κ2) is 6.64. The van der Waals surface area contributed by atoms with Gasteiger partial charge in [0.2, 0.25) is 0 Å². The predicted octanol–water partition coefficient (Wildman–Crippen LogP) is 2.63. The first-order chi connectivity index (χ1) is 11.2. The maximum absolute atomic E-state index is 12.6. The average Bonchev–Trinajstić information content (AvgIpc) is 3.04. The Morgan fingerprint density at radius 1 is 1.17 bits per heavy atom. The lowest BCUT2D eigenvalue weighted by atomic mass is 9.93. The van der Waals surface area contributed by atoms with Gasteiger partial charge < -0.3 is 4.42 Å². The Balaban J connectivity index is 1.80. The van der Waals surface area contributed by atoms with Crippen molar-refractivity contribution in [1.82, 2.24) is 10.2 Å². The van der Waals surface area contributed by atoms with E-state index in [1.54, 1.807) is 24.3 Å². The van der Waals surface area contributed by atoms with E-state index in [-0.39, 0.29) is 11.6 Å². The van der Waals surface area contributed by atoms with Gasteiger partial charge in [0.15, 0.2) is 0 Å². The second-order valence-corrected chi connectivity index (χ2v) is 5.68. The lowest BCUT2D eigenvalue weighted by Gasteiger charge is -2.35. The molecular formula is C17H18N2O4. The Labute approximate surface area is 133 Å². The van der Waals surface area contributed by atoms with E-state index in [0.717, 1.165) is 32.1 Å². The predicted molar refractivity (Wildman–Crippen MR) is 83.1 cm³/mol. The minimum atomic E-state index is -0.656. The Kier molecular flexibility index (Phi) is 4.41. The summed E-state index contributed by atoms with van der Waals surface area (Å²) in [5.74, 6) is -0.559. The first kappa shape index (κ1) is 15.3. The summed E-state index contributed by atoms with van der Waals surface area (Å²) in [5.41, 5.74) is -0.0296. The summed E-state index contributed by atoms with van der Waals surface area (Å²) in [4.78, 5) is 37.7. The van der Waals surface area contributed by atoms with E-state index in [1.165, 1.54) is 17.2 Å². The van der Waals surface area contributed by atoms with Crippen LogP contribution in [0.4, 0.5) is 4.79 Å². The number of hydrogen-bond donors (Lipinski definition) is 1. The monoisotopic (exact) mass is 314 g/mol. The number of barbiturate groups is 1. The van der Waals surface area contributed by atoms with Gasteiger partial charge in [0.1, 0.15) is 11.3 Å². The summed E-state index contributed by atoms with van der Waals surface area (Å²) < 4.78 is 5.14. The lowest BCUT2D eigenvalue weighted by Crippen LogP contribution is -2.58. The molecule has 1 saturated carbocycles. The van der Waals surface area contributed by atoms with Crippen LogP contribution in [-0.4, -0.2) is 28.8 Å². The lowest BCUT2D eigenvalue weighted by molar-refractivity contribution is -0.132. The van der Waals surface area contributed by atoms with E-state index in [2.05, 4.69) is 5.32 Å². The summed E-state index contributed by atoms with van der Waals surface area (Å²) in [6.45, 7) is 0. The molecule has 0 radical (unpaired) electrons. The number of hydrogen-bond acceptors (Lipinski definition) is 4. The molecular weight excluding hydrogens is 296 g/mol. The topological polar surface area (TPSA) is 79.6 Å². The van der Waals surface area contributed by atoms with Gasteiger partial charge in [-0.2, -0.15) is 0 Å². The van der Waals surface area contributed by atoms with Crippen molar-refractivity contribution in [1.29, 1.82) is 0 Å². The van der Waals surface area contributed by atoms with E-state index in [0.29, 0.717) is 5.76 Å². The van der Waals surface area contributed by atoms with Crippen molar-refractivity contribution >= 4 is 23.9 Å². The number of carbonyl (C=O) groups is 3. The summed E-state index contributed by atoms with van der Waals surface area (Å²) in [7, 11) is 0. The summed E-state index contributed by atoms with van der Waals surface area (Å²) >= 11 is 0. The standard InChI is InChI=1S/C17H18N2O4/c20-15-14(10-4-8-13-9-5-11-23-13)16(21)19(17(22)18-15)12-6-2-1-3-7-12/h4-5,8-12H,1-3,6-7H2,(H,18,20,22)/b8-4-,14-10-. The summed E-state index contributed by atoms with van der Waals surface area (Å²) in [6.07, 6.45) is 10.9. The smallest absolute Gasteiger partial charge is 0.331 e. The minimum Gasteiger partial charge on any atom is -0.465 e. The molecule has 6 heteroatoms. The van der Waals surface area contributed by atoms with E-state index < -0.39 is 17.8 Å². The molecule has 6 nitrogen and oxygen atoms in total. The van der Waals surface area contributed by atoms with E-state index in [9.17, 15) is 14.4 Å². The second-order valence-electron chi connectivity index (χ2n) is 5.68. The van der Waals surface area contributed by atoms with Crippen LogP contribution in [0, 0.1) is 0 Å². The Morgan fingerprint density at radius 3 is 2.65 bits per heavy atom. The van der Waals surface area contributed by atoms with Crippen LogP contribution >= 0.6 is 0 Å². The van der Waals surface area contributed by atoms with Gasteiger partial charge in [-0.05, 0) is 37.1 Å². The van der Waals surface area contributed by atoms with Gasteiger partial charge in [0.25, 0.3) is 11.8 Å². The SMILES string of the molecule is O=C1NC(=O)N(C2CCCCC2)C(=O)/C1=C\C=C/c1ccco1. The Hall–Kier alpha value is -2.63. The number of imide groups is 2. The summed E-state index contributed by atoms with van der Waals surface area (Å²) in [5, 5.41) is 2.25. The van der Waals surface area contributed by atoms with Gasteiger partial charge in [-0.1, -0.05) is 25.3 Å². The van der Waals surface area contributed by atoms with Crippen LogP contribution in [0.15, 0.2) is 40.5 Å². The molecule has 0 spiro atoms. The van der Waals surface area contributed by atoms with Crippen molar-refractivity contribution < 1.29 is 18.8 Å². The molecule has 1 aromatic heterocycles. The molecule has 1 aromatic rings. The minimum absolute atomic E-state index is 0.0296. The highest BCUT2D eigenvalue weighted by molar-refractivity contribution is 6.29. The molecule has 0 aromatic carbocycles. The molecule has 2 aliphatic rings. The number of urea groups is 1. The third-order valence-electron chi connectivity index (χ3n) is 4.14. The number of amides is 4. The first-order valence-electron chi connectivity index (χ1n) is 7.77. The van der Waals surface area contributed by atoms with Gasteiger partial charge in [-0.3, -0.25) is 19.8 Å². The van der Waals surface area contributed by atoms with E-state index >= 15 is 0 Å². The molecule has 1 aliphatic carbocycles. The fourth-order valence-corrected chi connectivity index (χ4v) is 2.99. The molecule has 0 unspecified atom stereocenters. The highest BCUT2D eigenvalue weighted by Gasteiger charge is 2.39. The van der Waals surface area contributed by atoms with Crippen molar-refractivity contribution in [3.8, 4) is 0 Å². The third-order valence-corrected chi connectivity index (χ3v) is 4.14. The van der Waals surface area contributed by atoms with Gasteiger partial charge in [-0.15, -0.1) is 0 Å². The molecule has 2 heterocycles. The van der Waals surface area contributed by atoms with Gasteiger partial charge in [0, 0.05) is 6.04 Å². The maximum Gasteiger partial charge on any atom is 0.331 e. The number of furan rings is 1. The van der Waals surface area contributed by atoms with Crippen molar-refractivity contribution in [2.75, 3.05) is 0 Å². The van der Waals surface area contributed by atoms with E-state index in [4.69, 9.17) is 4.42 Å². The molecule has 1 N–H and O–H groups in total. The van der Waals surface area contributed by atoms with Crippen LogP contribution in [0.25, 0.3) is 6.08 Å². The third kappa shape index (κ3) is 3.26. The molecule has 0 bridgehead atoms. The molecule has 1 aliphatic heterocycles. The van der Waals surface area contributed by atoms with Crippen LogP contribution in [0.1, 0.15) is 37.9 Å². The van der Waals surface area contributed by atoms with Crippen LogP contribution in [0.5, 0.6) is 0 Å². The average molecular weight is 314 g/mol. The van der Waals surface area contributed by atoms with Crippen molar-refractivity contribution in [3.63, 3.8) is 0 Å². The van der Waals surface area contributed by atoms with Crippen molar-refractivity contribution in [2.45, 2.75) is 38.1 Å². The fraction of sp³-hybridized carbons (Fsp3) is 0.353. The van der Waals surface area contributed by atoms with Crippen LogP contribution in [0.3, 0.4) is 0 Å². The van der Waals surface area contributed by atoms with Crippen molar-refractivity contribution in [3.05, 3.63) is 41.9 Å². The largest absolute Gasteiger partial charge is 0.465 e. The Bertz CT molecular complexity index is 667. The normalized spacial score (nSPS) is 22.2. The Morgan fingerprint density at radius 2 is 1.96 bits per heavy atom. The van der Waals surface area contributed by atoms with Crippen LogP contribution < -0.4 is 5.32 Å². The molecule has 1 saturated heterocycles. The van der Waals surface area contributed by atoms with Gasteiger partial charge in [0.05, 0.1) is 6.26 Å². The number of carbonyl (C=O) groups excluding carboxylic acids is 3. The van der Waals surface area contributed by atoms with Crippen LogP contribution in [0.2, 0.25) is 0 Å². The number of rotatable bonds is 3. The highest BCUT2D eigenvalue weighted by atomic mass is 16.3. The number of allylic oxidation sites excluding steroid dienone is 2. The van der Waals surface area contributed by atoms with Gasteiger partial charge >= 0.3 is 6.03 Å². The van der Waals surface area contributed by atoms with Crippen molar-refractivity contribution in [2.24, 2.45) is 0 Å². The summed E-state index contributed by atoms with van der Waals surface area (Å²) in [6, 6.07) is 2.77. The maximum atomic E-state index is 12.6. The molecule has 2 fully saturated rings.